The maximum absolute atomic E-state index is 13.4. The molecule has 1 atom stereocenters. The zero-order valence-corrected chi connectivity index (χ0v) is 20.5. The number of amides is 1. The molecule has 1 fully saturated rings. The molecule has 8 nitrogen and oxygen atoms in total. The Morgan fingerprint density at radius 1 is 0.778 bits per heavy atom. The van der Waals surface area contributed by atoms with Crippen molar-refractivity contribution in [2.45, 2.75) is 12.6 Å². The molecule has 0 radical (unpaired) electrons. The summed E-state index contributed by atoms with van der Waals surface area (Å²) in [4.78, 5) is 28.2. The van der Waals surface area contributed by atoms with Crippen LogP contribution in [0.5, 0.6) is 23.0 Å². The van der Waals surface area contributed by atoms with E-state index in [2.05, 4.69) is 0 Å². The van der Waals surface area contributed by atoms with Crippen LogP contribution in [0, 0.1) is 0 Å². The molecular formula is C28H27NO7. The molecular weight excluding hydrogens is 462 g/mol. The Labute approximate surface area is 209 Å². The molecule has 1 saturated heterocycles. The van der Waals surface area contributed by atoms with Gasteiger partial charge in [-0.05, 0) is 35.9 Å². The number of benzene rings is 3. The highest BCUT2D eigenvalue weighted by atomic mass is 16.5. The summed E-state index contributed by atoms with van der Waals surface area (Å²) in [6.07, 6.45) is 0. The highest BCUT2D eigenvalue weighted by Crippen LogP contribution is 2.44. The number of ether oxygens (including phenoxy) is 4. The summed E-state index contributed by atoms with van der Waals surface area (Å²) in [5.74, 6) is 0.00773. The first-order chi connectivity index (χ1) is 17.4. The highest BCUT2D eigenvalue weighted by Gasteiger charge is 2.46. The molecule has 1 aliphatic rings. The summed E-state index contributed by atoms with van der Waals surface area (Å²) in [5, 5.41) is 11.4. The molecule has 1 amide bonds. The van der Waals surface area contributed by atoms with Crippen LogP contribution >= 0.6 is 0 Å². The number of hydrogen-bond acceptors (Lipinski definition) is 7. The molecule has 3 aromatic rings. The Hall–Kier alpha value is -4.46. The number of likely N-dealkylation sites (tertiary alicyclic amines) is 1. The van der Waals surface area contributed by atoms with Crippen LogP contribution in [0.1, 0.15) is 22.7 Å². The van der Waals surface area contributed by atoms with Crippen molar-refractivity contribution < 1.29 is 33.6 Å². The number of methoxy groups -OCH3 is 4. The largest absolute Gasteiger partial charge is 0.507 e. The molecule has 0 saturated carbocycles. The van der Waals surface area contributed by atoms with Crippen molar-refractivity contribution in [3.63, 3.8) is 0 Å². The van der Waals surface area contributed by atoms with Gasteiger partial charge in [-0.1, -0.05) is 36.4 Å². The molecule has 0 spiro atoms. The monoisotopic (exact) mass is 489 g/mol. The van der Waals surface area contributed by atoms with Crippen molar-refractivity contribution in [1.82, 2.24) is 4.90 Å². The second-order valence-electron chi connectivity index (χ2n) is 8.05. The minimum Gasteiger partial charge on any atom is -0.507 e. The summed E-state index contributed by atoms with van der Waals surface area (Å²) >= 11 is 0. The number of para-hydroxylation sites is 2. The summed E-state index contributed by atoms with van der Waals surface area (Å²) in [6, 6.07) is 18.3. The van der Waals surface area contributed by atoms with Gasteiger partial charge in [-0.3, -0.25) is 9.59 Å². The summed E-state index contributed by atoms with van der Waals surface area (Å²) < 4.78 is 21.7. The van der Waals surface area contributed by atoms with Gasteiger partial charge in [0.15, 0.2) is 11.5 Å². The van der Waals surface area contributed by atoms with Gasteiger partial charge in [0.2, 0.25) is 0 Å². The summed E-state index contributed by atoms with van der Waals surface area (Å²) in [5.41, 5.74) is 1.54. The van der Waals surface area contributed by atoms with Crippen LogP contribution in [0.3, 0.4) is 0 Å². The number of aliphatic hydroxyl groups is 1. The average molecular weight is 490 g/mol. The number of hydrogen-bond donors (Lipinski definition) is 1. The van der Waals surface area contributed by atoms with E-state index in [-0.39, 0.29) is 17.9 Å². The average Bonchev–Trinajstić information content (AvgIpc) is 3.17. The van der Waals surface area contributed by atoms with Crippen LogP contribution in [-0.2, 0) is 16.1 Å². The zero-order chi connectivity index (χ0) is 25.8. The van der Waals surface area contributed by atoms with E-state index in [4.69, 9.17) is 18.9 Å². The number of aliphatic hydroxyl groups excluding tert-OH is 1. The number of ketones is 1. The number of carbonyl (C=O) groups is 2. The maximum Gasteiger partial charge on any atom is 0.295 e. The first-order valence-electron chi connectivity index (χ1n) is 11.2. The quantitative estimate of drug-likeness (QED) is 0.286. The van der Waals surface area contributed by atoms with Gasteiger partial charge in [-0.25, -0.2) is 0 Å². The minimum atomic E-state index is -0.903. The van der Waals surface area contributed by atoms with Gasteiger partial charge in [-0.2, -0.15) is 0 Å². The Kier molecular flexibility index (Phi) is 7.15. The van der Waals surface area contributed by atoms with Crippen molar-refractivity contribution in [2.75, 3.05) is 28.4 Å². The molecule has 1 unspecified atom stereocenters. The second kappa shape index (κ2) is 10.4. The lowest BCUT2D eigenvalue weighted by atomic mass is 9.94. The molecule has 0 aliphatic carbocycles. The van der Waals surface area contributed by atoms with E-state index in [9.17, 15) is 14.7 Å². The van der Waals surface area contributed by atoms with Gasteiger partial charge in [-0.15, -0.1) is 0 Å². The predicted molar refractivity (Wildman–Crippen MR) is 133 cm³/mol. The van der Waals surface area contributed by atoms with E-state index in [1.807, 2.05) is 18.2 Å². The van der Waals surface area contributed by atoms with Gasteiger partial charge in [0.05, 0.1) is 52.2 Å². The van der Waals surface area contributed by atoms with Gasteiger partial charge >= 0.3 is 0 Å². The number of Topliss-reactive ketones (excluding diaryl/α,β-unsaturated/α-hetero) is 1. The smallest absolute Gasteiger partial charge is 0.295 e. The Morgan fingerprint density at radius 2 is 1.39 bits per heavy atom. The maximum atomic E-state index is 13.4. The van der Waals surface area contributed by atoms with Crippen molar-refractivity contribution in [1.29, 1.82) is 0 Å². The molecule has 186 valence electrons. The third-order valence-electron chi connectivity index (χ3n) is 6.16. The normalized spacial score (nSPS) is 16.7. The van der Waals surface area contributed by atoms with Gasteiger partial charge in [0.1, 0.15) is 17.3 Å². The van der Waals surface area contributed by atoms with Gasteiger partial charge in [0, 0.05) is 5.56 Å². The highest BCUT2D eigenvalue weighted by molar-refractivity contribution is 6.46. The van der Waals surface area contributed by atoms with E-state index in [1.165, 1.54) is 26.2 Å². The number of nitrogens with zero attached hydrogens (tertiary/aromatic N) is 1. The molecule has 4 rings (SSSR count). The van der Waals surface area contributed by atoms with E-state index in [0.717, 1.165) is 0 Å². The lowest BCUT2D eigenvalue weighted by Crippen LogP contribution is -2.29. The molecule has 3 aromatic carbocycles. The lowest BCUT2D eigenvalue weighted by molar-refractivity contribution is -0.140. The third kappa shape index (κ3) is 4.33. The van der Waals surface area contributed by atoms with Crippen LogP contribution in [0.25, 0.3) is 5.76 Å². The summed E-state index contributed by atoms with van der Waals surface area (Å²) in [6.45, 7) is 0.0797. The first kappa shape index (κ1) is 24.7. The molecule has 0 bridgehead atoms. The van der Waals surface area contributed by atoms with Crippen LogP contribution in [-0.4, -0.2) is 50.1 Å². The van der Waals surface area contributed by atoms with Crippen LogP contribution in [0.15, 0.2) is 72.3 Å². The van der Waals surface area contributed by atoms with Crippen LogP contribution in [0.2, 0.25) is 0 Å². The van der Waals surface area contributed by atoms with E-state index >= 15 is 0 Å². The molecule has 1 heterocycles. The molecule has 0 aromatic heterocycles. The topological polar surface area (TPSA) is 94.5 Å². The van der Waals surface area contributed by atoms with E-state index < -0.39 is 17.7 Å². The first-order valence-corrected chi connectivity index (χ1v) is 11.2. The van der Waals surface area contributed by atoms with Crippen molar-refractivity contribution in [3.05, 3.63) is 89.0 Å². The second-order valence-corrected chi connectivity index (χ2v) is 8.05. The SMILES string of the molecule is COc1ccccc1CN1C(=O)C(=O)/C(=C(\O)c2ccccc2OC)C1c1ccc(OC)c(OC)c1. The fourth-order valence-electron chi connectivity index (χ4n) is 4.42. The van der Waals surface area contributed by atoms with Crippen molar-refractivity contribution >= 4 is 17.4 Å². The fraction of sp³-hybridized carbons (Fsp3) is 0.214. The van der Waals surface area contributed by atoms with E-state index in [1.54, 1.807) is 55.6 Å². The number of rotatable bonds is 8. The molecule has 1 N–H and O–H groups in total. The lowest BCUT2D eigenvalue weighted by Gasteiger charge is -2.26. The van der Waals surface area contributed by atoms with Gasteiger partial charge in [0.25, 0.3) is 11.7 Å². The zero-order valence-electron chi connectivity index (χ0n) is 20.5. The van der Waals surface area contributed by atoms with Crippen molar-refractivity contribution in [2.24, 2.45) is 0 Å². The Balaban J connectivity index is 1.93. The van der Waals surface area contributed by atoms with Crippen LogP contribution in [0.4, 0.5) is 0 Å². The number of carbonyl (C=O) groups excluding carboxylic acids is 2. The fourth-order valence-corrected chi connectivity index (χ4v) is 4.42. The minimum absolute atomic E-state index is 0.0494. The summed E-state index contributed by atoms with van der Waals surface area (Å²) in [7, 11) is 6.04. The Bertz CT molecular complexity index is 1330. The van der Waals surface area contributed by atoms with Crippen molar-refractivity contribution in [3.8, 4) is 23.0 Å². The molecule has 1 aliphatic heterocycles. The van der Waals surface area contributed by atoms with E-state index in [0.29, 0.717) is 39.7 Å². The Morgan fingerprint density at radius 3 is 2.06 bits per heavy atom. The van der Waals surface area contributed by atoms with Crippen LogP contribution < -0.4 is 18.9 Å². The predicted octanol–water partition coefficient (Wildman–Crippen LogP) is 4.34. The third-order valence-corrected chi connectivity index (χ3v) is 6.16. The molecule has 36 heavy (non-hydrogen) atoms. The molecule has 8 heteroatoms. The van der Waals surface area contributed by atoms with Gasteiger partial charge < -0.3 is 29.0 Å². The standard InChI is InChI=1S/C28H27NO7/c1-33-20-11-7-5-9-18(20)16-29-25(17-13-14-22(35-3)23(15-17)36-4)24(27(31)28(29)32)26(30)19-10-6-8-12-21(19)34-2/h5-15,25,30H,16H2,1-4H3/b26-24-.